The van der Waals surface area contributed by atoms with Crippen molar-refractivity contribution in [2.24, 2.45) is 0 Å². The van der Waals surface area contributed by atoms with Gasteiger partial charge in [0, 0.05) is 31.1 Å². The first kappa shape index (κ1) is 20.3. The molecular weight excluding hydrogens is 421 g/mol. The Morgan fingerprint density at radius 2 is 1.93 bits per heavy atom. The summed E-state index contributed by atoms with van der Waals surface area (Å²) in [6.45, 7) is 0.176. The number of fused-ring (bicyclic) bond motifs is 1. The van der Waals surface area contributed by atoms with E-state index >= 15 is 0 Å². The standard InChI is InChI=1S/C19H17F3N4O3S/c1-30(28,29)13-8-25(9-13)18(27)10-26-17-5-12(6-23-16(17)7-24-26)11-2-3-15(20)14(4-11)19(21)22/h2-7,13,19H,8-10H2,1H3. The fourth-order valence-electron chi connectivity index (χ4n) is 3.27. The molecule has 0 radical (unpaired) electrons. The zero-order valence-corrected chi connectivity index (χ0v) is 16.6. The normalized spacial score (nSPS) is 15.0. The molecule has 4 rings (SSSR count). The third-order valence-corrected chi connectivity index (χ3v) is 6.66. The first-order chi connectivity index (χ1) is 14.1. The minimum absolute atomic E-state index is 0.114. The van der Waals surface area contributed by atoms with Crippen molar-refractivity contribution in [3.63, 3.8) is 0 Å². The largest absolute Gasteiger partial charge is 0.338 e. The third-order valence-electron chi connectivity index (χ3n) is 5.15. The molecule has 2 aromatic heterocycles. The summed E-state index contributed by atoms with van der Waals surface area (Å²) >= 11 is 0. The highest BCUT2D eigenvalue weighted by atomic mass is 32.2. The molecule has 158 valence electrons. The Labute approximate surface area is 170 Å². The van der Waals surface area contributed by atoms with Gasteiger partial charge in [0.05, 0.1) is 22.5 Å². The molecule has 1 saturated heterocycles. The average molecular weight is 438 g/mol. The molecule has 1 aliphatic rings. The van der Waals surface area contributed by atoms with Crippen molar-refractivity contribution in [3.8, 4) is 11.1 Å². The van der Waals surface area contributed by atoms with Crippen molar-refractivity contribution in [1.82, 2.24) is 19.7 Å². The summed E-state index contributed by atoms with van der Waals surface area (Å²) in [7, 11) is -3.18. The Hall–Kier alpha value is -2.95. The van der Waals surface area contributed by atoms with Crippen molar-refractivity contribution < 1.29 is 26.4 Å². The number of rotatable bonds is 5. The van der Waals surface area contributed by atoms with Gasteiger partial charge in [-0.3, -0.25) is 14.5 Å². The van der Waals surface area contributed by atoms with Crippen LogP contribution in [0.1, 0.15) is 12.0 Å². The summed E-state index contributed by atoms with van der Waals surface area (Å²) in [6.07, 6.45) is 1.13. The van der Waals surface area contributed by atoms with Gasteiger partial charge < -0.3 is 4.90 Å². The van der Waals surface area contributed by atoms with Crippen LogP contribution in [0.5, 0.6) is 0 Å². The number of carbonyl (C=O) groups excluding carboxylic acids is 1. The van der Waals surface area contributed by atoms with Crippen molar-refractivity contribution in [2.75, 3.05) is 19.3 Å². The van der Waals surface area contributed by atoms with E-state index in [-0.39, 0.29) is 25.5 Å². The zero-order chi connectivity index (χ0) is 21.6. The Bertz CT molecular complexity index is 1240. The lowest BCUT2D eigenvalue weighted by atomic mass is 10.0. The molecule has 11 heteroatoms. The predicted octanol–water partition coefficient (Wildman–Crippen LogP) is 2.43. The molecule has 3 heterocycles. The SMILES string of the molecule is CS(=O)(=O)C1CN(C(=O)Cn2ncc3ncc(-c4ccc(F)c(C(F)F)c4)cc32)C1. The monoisotopic (exact) mass is 438 g/mol. The average Bonchev–Trinajstić information content (AvgIpc) is 3.01. The van der Waals surface area contributed by atoms with E-state index in [0.29, 0.717) is 22.2 Å². The van der Waals surface area contributed by atoms with E-state index in [9.17, 15) is 26.4 Å². The van der Waals surface area contributed by atoms with E-state index in [1.165, 1.54) is 28.0 Å². The third kappa shape index (κ3) is 3.76. The number of hydrogen-bond acceptors (Lipinski definition) is 5. The molecule has 0 atom stereocenters. The highest BCUT2D eigenvalue weighted by Gasteiger charge is 2.37. The Morgan fingerprint density at radius 1 is 1.20 bits per heavy atom. The van der Waals surface area contributed by atoms with Crippen LogP contribution >= 0.6 is 0 Å². The van der Waals surface area contributed by atoms with Gasteiger partial charge in [-0.15, -0.1) is 0 Å². The maximum Gasteiger partial charge on any atom is 0.266 e. The van der Waals surface area contributed by atoms with E-state index in [1.54, 1.807) is 6.07 Å². The van der Waals surface area contributed by atoms with Gasteiger partial charge in [-0.05, 0) is 23.8 Å². The molecule has 3 aromatic rings. The quantitative estimate of drug-likeness (QED) is 0.611. The molecule has 1 aromatic carbocycles. The maximum atomic E-state index is 13.6. The lowest BCUT2D eigenvalue weighted by Crippen LogP contribution is -2.57. The Kier molecular flexibility index (Phi) is 5.00. The summed E-state index contributed by atoms with van der Waals surface area (Å²) in [4.78, 5) is 18.1. The molecule has 0 unspecified atom stereocenters. The van der Waals surface area contributed by atoms with Crippen molar-refractivity contribution in [3.05, 3.63) is 48.0 Å². The number of amides is 1. The molecule has 0 bridgehead atoms. The number of hydrogen-bond donors (Lipinski definition) is 0. The summed E-state index contributed by atoms with van der Waals surface area (Å²) in [5, 5.41) is 3.60. The first-order valence-electron chi connectivity index (χ1n) is 8.99. The van der Waals surface area contributed by atoms with Gasteiger partial charge in [0.25, 0.3) is 6.43 Å². The number of likely N-dealkylation sites (tertiary alicyclic amines) is 1. The Morgan fingerprint density at radius 3 is 2.60 bits per heavy atom. The lowest BCUT2D eigenvalue weighted by Gasteiger charge is -2.37. The van der Waals surface area contributed by atoms with E-state index < -0.39 is 32.9 Å². The molecule has 0 spiro atoms. The number of pyridine rings is 1. The molecule has 0 aliphatic carbocycles. The highest BCUT2D eigenvalue weighted by Crippen LogP contribution is 2.29. The minimum Gasteiger partial charge on any atom is -0.338 e. The van der Waals surface area contributed by atoms with Gasteiger partial charge in [-0.1, -0.05) is 6.07 Å². The lowest BCUT2D eigenvalue weighted by molar-refractivity contribution is -0.135. The predicted molar refractivity (Wildman–Crippen MR) is 103 cm³/mol. The number of alkyl halides is 2. The first-order valence-corrected chi connectivity index (χ1v) is 10.9. The Balaban J connectivity index is 1.58. The number of sulfone groups is 1. The van der Waals surface area contributed by atoms with Crippen LogP contribution < -0.4 is 0 Å². The molecule has 30 heavy (non-hydrogen) atoms. The summed E-state index contributed by atoms with van der Waals surface area (Å²) < 4.78 is 64.0. The summed E-state index contributed by atoms with van der Waals surface area (Å²) in [6, 6.07) is 5.06. The minimum atomic E-state index is -3.18. The van der Waals surface area contributed by atoms with Crippen LogP contribution in [0.3, 0.4) is 0 Å². The topological polar surface area (TPSA) is 85.2 Å². The second-order valence-corrected chi connectivity index (χ2v) is 9.54. The maximum absolute atomic E-state index is 13.6. The molecule has 1 aliphatic heterocycles. The van der Waals surface area contributed by atoms with Crippen molar-refractivity contribution in [1.29, 1.82) is 0 Å². The van der Waals surface area contributed by atoms with Gasteiger partial charge in [0.15, 0.2) is 9.84 Å². The van der Waals surface area contributed by atoms with Crippen molar-refractivity contribution in [2.45, 2.75) is 18.2 Å². The van der Waals surface area contributed by atoms with Crippen LogP contribution in [0.25, 0.3) is 22.2 Å². The smallest absolute Gasteiger partial charge is 0.266 e. The second-order valence-electron chi connectivity index (χ2n) is 7.22. The summed E-state index contributed by atoms with van der Waals surface area (Å²) in [5.41, 5.74) is 1.14. The van der Waals surface area contributed by atoms with Gasteiger partial charge in [-0.2, -0.15) is 5.10 Å². The van der Waals surface area contributed by atoms with Gasteiger partial charge in [0.2, 0.25) is 5.91 Å². The van der Waals surface area contributed by atoms with Gasteiger partial charge in [-0.25, -0.2) is 21.6 Å². The molecule has 7 nitrogen and oxygen atoms in total. The number of halogens is 3. The molecule has 0 N–H and O–H groups in total. The van der Waals surface area contributed by atoms with E-state index in [0.717, 1.165) is 18.4 Å². The van der Waals surface area contributed by atoms with E-state index in [2.05, 4.69) is 10.1 Å². The van der Waals surface area contributed by atoms with Crippen LogP contribution in [0.15, 0.2) is 36.7 Å². The molecule has 1 amide bonds. The number of benzene rings is 1. The highest BCUT2D eigenvalue weighted by molar-refractivity contribution is 7.91. The number of carbonyl (C=O) groups is 1. The van der Waals surface area contributed by atoms with Gasteiger partial charge in [0.1, 0.15) is 17.9 Å². The second kappa shape index (κ2) is 7.38. The summed E-state index contributed by atoms with van der Waals surface area (Å²) in [5.74, 6) is -1.27. The number of nitrogens with zero attached hydrogens (tertiary/aromatic N) is 4. The van der Waals surface area contributed by atoms with Crippen LogP contribution in [-0.4, -0.2) is 58.6 Å². The number of aromatic nitrogens is 3. The van der Waals surface area contributed by atoms with E-state index in [4.69, 9.17) is 0 Å². The van der Waals surface area contributed by atoms with E-state index in [1.807, 2.05) is 0 Å². The molecule has 0 saturated carbocycles. The van der Waals surface area contributed by atoms with Crippen LogP contribution in [0, 0.1) is 5.82 Å². The fourth-order valence-corrected chi connectivity index (χ4v) is 4.17. The van der Waals surface area contributed by atoms with Crippen LogP contribution in [0.4, 0.5) is 13.2 Å². The van der Waals surface area contributed by atoms with Crippen LogP contribution in [-0.2, 0) is 21.2 Å². The molecule has 1 fully saturated rings. The van der Waals surface area contributed by atoms with Gasteiger partial charge >= 0.3 is 0 Å². The zero-order valence-electron chi connectivity index (χ0n) is 15.8. The van der Waals surface area contributed by atoms with Crippen molar-refractivity contribution >= 4 is 26.8 Å². The fraction of sp³-hybridized carbons (Fsp3) is 0.316. The molecular formula is C19H17F3N4O3S. The van der Waals surface area contributed by atoms with Crippen LogP contribution in [0.2, 0.25) is 0 Å².